The number of hydrogen-bond acceptors (Lipinski definition) is 3. The van der Waals surface area contributed by atoms with Gasteiger partial charge in [-0.3, -0.25) is 4.90 Å². The second kappa shape index (κ2) is 7.19. The van der Waals surface area contributed by atoms with Gasteiger partial charge in [0.05, 0.1) is 0 Å². The first-order valence-electron chi connectivity index (χ1n) is 8.13. The standard InChI is InChI=1S/C18H20F2N2O2S/c1-13(22-10-9-14-5-2-3-6-15(14)12-22)11-21-25(23,24)18-16(19)7-4-8-17(18)20/h2-8,13,21H,9-12H2,1H3. The third-order valence-corrected chi connectivity index (χ3v) is 6.01. The van der Waals surface area contributed by atoms with Gasteiger partial charge in [-0.15, -0.1) is 0 Å². The van der Waals surface area contributed by atoms with E-state index in [1.807, 2.05) is 19.1 Å². The average molecular weight is 366 g/mol. The lowest BCUT2D eigenvalue weighted by atomic mass is 9.99. The molecule has 4 nitrogen and oxygen atoms in total. The van der Waals surface area contributed by atoms with E-state index in [1.54, 1.807) is 0 Å². The first-order valence-corrected chi connectivity index (χ1v) is 9.61. The zero-order chi connectivity index (χ0) is 18.0. The fourth-order valence-corrected chi connectivity index (χ4v) is 4.32. The summed E-state index contributed by atoms with van der Waals surface area (Å²) in [5.41, 5.74) is 2.53. The van der Waals surface area contributed by atoms with Gasteiger partial charge in [0.1, 0.15) is 11.6 Å². The van der Waals surface area contributed by atoms with Crippen molar-refractivity contribution >= 4 is 10.0 Å². The summed E-state index contributed by atoms with van der Waals surface area (Å²) in [5, 5.41) is 0. The highest BCUT2D eigenvalue weighted by Gasteiger charge is 2.26. The van der Waals surface area contributed by atoms with Crippen LogP contribution >= 0.6 is 0 Å². The molecule has 0 aromatic heterocycles. The maximum Gasteiger partial charge on any atom is 0.246 e. The number of nitrogens with zero attached hydrogens (tertiary/aromatic N) is 1. The van der Waals surface area contributed by atoms with Crippen LogP contribution in [0.3, 0.4) is 0 Å². The van der Waals surface area contributed by atoms with Gasteiger partial charge in [0.2, 0.25) is 10.0 Å². The average Bonchev–Trinajstić information content (AvgIpc) is 2.59. The summed E-state index contributed by atoms with van der Waals surface area (Å²) in [6, 6.07) is 11.1. The number of fused-ring (bicyclic) bond motifs is 1. The van der Waals surface area contributed by atoms with E-state index in [1.165, 1.54) is 11.1 Å². The Morgan fingerprint density at radius 3 is 2.40 bits per heavy atom. The Kier molecular flexibility index (Phi) is 5.17. The van der Waals surface area contributed by atoms with Crippen molar-refractivity contribution in [2.45, 2.75) is 30.8 Å². The van der Waals surface area contributed by atoms with Crippen molar-refractivity contribution in [3.63, 3.8) is 0 Å². The molecule has 7 heteroatoms. The van der Waals surface area contributed by atoms with Crippen LogP contribution in [0.1, 0.15) is 18.1 Å². The number of halogens is 2. The normalized spacial score (nSPS) is 16.4. The van der Waals surface area contributed by atoms with Gasteiger partial charge in [-0.25, -0.2) is 21.9 Å². The summed E-state index contributed by atoms with van der Waals surface area (Å²) < 4.78 is 54.3. The molecule has 0 spiro atoms. The van der Waals surface area contributed by atoms with Crippen molar-refractivity contribution in [2.24, 2.45) is 0 Å². The summed E-state index contributed by atoms with van der Waals surface area (Å²) in [7, 11) is -4.24. The quantitative estimate of drug-likeness (QED) is 0.885. The van der Waals surface area contributed by atoms with E-state index in [4.69, 9.17) is 0 Å². The minimum absolute atomic E-state index is 0.0816. The Bertz CT molecular complexity index is 851. The van der Waals surface area contributed by atoms with Gasteiger partial charge in [-0.05, 0) is 36.6 Å². The molecule has 1 aliphatic heterocycles. The molecule has 1 N–H and O–H groups in total. The molecule has 2 aromatic rings. The van der Waals surface area contributed by atoms with E-state index in [0.29, 0.717) is 0 Å². The smallest absolute Gasteiger partial charge is 0.246 e. The van der Waals surface area contributed by atoms with Crippen LogP contribution in [0.5, 0.6) is 0 Å². The molecule has 25 heavy (non-hydrogen) atoms. The van der Waals surface area contributed by atoms with Crippen molar-refractivity contribution in [1.29, 1.82) is 0 Å². The summed E-state index contributed by atoms with van der Waals surface area (Å²) in [6.07, 6.45) is 0.898. The Labute approximate surface area is 146 Å². The number of hydrogen-bond donors (Lipinski definition) is 1. The van der Waals surface area contributed by atoms with E-state index in [-0.39, 0.29) is 12.6 Å². The maximum atomic E-state index is 13.7. The fourth-order valence-electron chi connectivity index (χ4n) is 3.06. The third-order valence-electron chi connectivity index (χ3n) is 4.54. The van der Waals surface area contributed by atoms with Gasteiger partial charge in [0, 0.05) is 25.7 Å². The topological polar surface area (TPSA) is 49.4 Å². The Balaban J connectivity index is 1.67. The summed E-state index contributed by atoms with van der Waals surface area (Å²) >= 11 is 0. The number of sulfonamides is 1. The predicted octanol–water partition coefficient (Wildman–Crippen LogP) is 2.69. The van der Waals surface area contributed by atoms with E-state index < -0.39 is 26.6 Å². The van der Waals surface area contributed by atoms with E-state index >= 15 is 0 Å². The van der Waals surface area contributed by atoms with Gasteiger partial charge >= 0.3 is 0 Å². The van der Waals surface area contributed by atoms with Crippen molar-refractivity contribution in [2.75, 3.05) is 13.1 Å². The van der Waals surface area contributed by atoms with Gasteiger partial charge in [0.25, 0.3) is 0 Å². The number of rotatable bonds is 5. The van der Waals surface area contributed by atoms with Crippen LogP contribution in [0.2, 0.25) is 0 Å². The van der Waals surface area contributed by atoms with Crippen LogP contribution in [0, 0.1) is 11.6 Å². The van der Waals surface area contributed by atoms with Gasteiger partial charge in [0.15, 0.2) is 4.90 Å². The third kappa shape index (κ3) is 3.89. The van der Waals surface area contributed by atoms with Crippen LogP contribution < -0.4 is 4.72 Å². The zero-order valence-electron chi connectivity index (χ0n) is 13.9. The molecule has 0 bridgehead atoms. The molecule has 1 atom stereocenters. The molecule has 0 aliphatic carbocycles. The molecule has 2 aromatic carbocycles. The Hall–Kier alpha value is -1.83. The molecule has 0 amide bonds. The minimum Gasteiger partial charge on any atom is -0.295 e. The molecule has 0 saturated carbocycles. The molecular formula is C18H20F2N2O2S. The molecule has 134 valence electrons. The van der Waals surface area contributed by atoms with Crippen molar-refractivity contribution < 1.29 is 17.2 Å². The minimum atomic E-state index is -4.24. The molecule has 0 saturated heterocycles. The van der Waals surface area contributed by atoms with Crippen molar-refractivity contribution in [1.82, 2.24) is 9.62 Å². The second-order valence-electron chi connectivity index (χ2n) is 6.24. The Morgan fingerprint density at radius 1 is 1.08 bits per heavy atom. The van der Waals surface area contributed by atoms with E-state index in [0.717, 1.165) is 37.7 Å². The first kappa shape index (κ1) is 18.0. The molecule has 1 heterocycles. The molecule has 0 fully saturated rings. The number of benzene rings is 2. The highest BCUT2D eigenvalue weighted by atomic mass is 32.2. The van der Waals surface area contributed by atoms with Crippen molar-refractivity contribution in [3.8, 4) is 0 Å². The highest BCUT2D eigenvalue weighted by molar-refractivity contribution is 7.89. The second-order valence-corrected chi connectivity index (χ2v) is 7.94. The lowest BCUT2D eigenvalue weighted by Gasteiger charge is -2.33. The lowest BCUT2D eigenvalue weighted by Crippen LogP contribution is -2.44. The molecule has 3 rings (SSSR count). The van der Waals surface area contributed by atoms with Crippen LogP contribution in [0.15, 0.2) is 47.4 Å². The predicted molar refractivity (Wildman–Crippen MR) is 91.6 cm³/mol. The van der Waals surface area contributed by atoms with E-state index in [9.17, 15) is 17.2 Å². The van der Waals surface area contributed by atoms with Crippen molar-refractivity contribution in [3.05, 3.63) is 65.2 Å². The van der Waals surface area contributed by atoms with E-state index in [2.05, 4.69) is 21.8 Å². The zero-order valence-corrected chi connectivity index (χ0v) is 14.7. The molecule has 1 unspecified atom stereocenters. The molecule has 1 aliphatic rings. The summed E-state index contributed by atoms with van der Waals surface area (Å²) in [4.78, 5) is 1.23. The first-order chi connectivity index (χ1) is 11.9. The van der Waals surface area contributed by atoms with Gasteiger partial charge in [-0.1, -0.05) is 30.3 Å². The van der Waals surface area contributed by atoms with Crippen LogP contribution in [0.25, 0.3) is 0 Å². The van der Waals surface area contributed by atoms with Crippen LogP contribution in [-0.4, -0.2) is 32.4 Å². The largest absolute Gasteiger partial charge is 0.295 e. The van der Waals surface area contributed by atoms with Crippen LogP contribution in [-0.2, 0) is 23.0 Å². The lowest BCUT2D eigenvalue weighted by molar-refractivity contribution is 0.192. The van der Waals surface area contributed by atoms with Crippen LogP contribution in [0.4, 0.5) is 8.78 Å². The molecule has 0 radical (unpaired) electrons. The monoisotopic (exact) mass is 366 g/mol. The van der Waals surface area contributed by atoms with Gasteiger partial charge in [-0.2, -0.15) is 0 Å². The highest BCUT2D eigenvalue weighted by Crippen LogP contribution is 2.21. The fraction of sp³-hybridized carbons (Fsp3) is 0.333. The Morgan fingerprint density at radius 2 is 1.72 bits per heavy atom. The molecular weight excluding hydrogens is 346 g/mol. The van der Waals surface area contributed by atoms with Gasteiger partial charge < -0.3 is 0 Å². The maximum absolute atomic E-state index is 13.7. The summed E-state index contributed by atoms with van der Waals surface area (Å²) in [5.74, 6) is -2.18. The SMILES string of the molecule is CC(CNS(=O)(=O)c1c(F)cccc1F)N1CCc2ccccc2C1. The summed E-state index contributed by atoms with van der Waals surface area (Å²) in [6.45, 7) is 3.52. The number of nitrogens with one attached hydrogen (secondary N) is 1.